The lowest BCUT2D eigenvalue weighted by Crippen LogP contribution is -2.60. The van der Waals surface area contributed by atoms with Gasteiger partial charge in [-0.2, -0.15) is 0 Å². The van der Waals surface area contributed by atoms with E-state index in [2.05, 4.69) is 34.6 Å². The Balaban J connectivity index is 0.936. The number of aliphatic hydroxyl groups is 1. The van der Waals surface area contributed by atoms with E-state index in [0.717, 1.165) is 32.1 Å². The van der Waals surface area contributed by atoms with Gasteiger partial charge in [0.1, 0.15) is 5.60 Å². The lowest BCUT2D eigenvalue weighted by atomic mass is 9.41. The summed E-state index contributed by atoms with van der Waals surface area (Å²) in [7, 11) is 0. The van der Waals surface area contributed by atoms with Gasteiger partial charge in [-0.25, -0.2) is 4.79 Å². The first-order valence-electron chi connectivity index (χ1n) is 19.9. The average molecular weight is 684 g/mol. The van der Waals surface area contributed by atoms with Crippen molar-refractivity contribution >= 4 is 12.1 Å². The van der Waals surface area contributed by atoms with E-state index in [0.29, 0.717) is 55.2 Å². The monoisotopic (exact) mass is 683 g/mol. The molecule has 274 valence electrons. The zero-order valence-electron chi connectivity index (χ0n) is 31.0. The van der Waals surface area contributed by atoms with Gasteiger partial charge in [0.25, 0.3) is 0 Å². The number of carbonyl (C=O) groups excluding carboxylic acids is 2. The molecule has 0 aromatic heterocycles. The van der Waals surface area contributed by atoms with Crippen molar-refractivity contribution < 1.29 is 38.4 Å². The number of fused-ring (bicyclic) bond motifs is 4. The van der Waals surface area contributed by atoms with Crippen LogP contribution in [-0.2, 0) is 28.5 Å². The second-order valence-electron chi connectivity index (χ2n) is 20.0. The molecule has 0 aromatic rings. The highest BCUT2D eigenvalue weighted by Crippen LogP contribution is 2.89. The smallest absolute Gasteiger partial charge is 0.424 e. The van der Waals surface area contributed by atoms with Crippen molar-refractivity contribution in [2.45, 2.75) is 162 Å². The summed E-state index contributed by atoms with van der Waals surface area (Å²) in [6.45, 7) is 17.7. The summed E-state index contributed by atoms with van der Waals surface area (Å²) in [4.78, 5) is 27.1. The predicted octanol–water partition coefficient (Wildman–Crippen LogP) is 6.48. The van der Waals surface area contributed by atoms with E-state index in [1.165, 1.54) is 32.1 Å². The van der Waals surface area contributed by atoms with Crippen LogP contribution in [0.2, 0.25) is 0 Å². The van der Waals surface area contributed by atoms with Gasteiger partial charge in [0, 0.05) is 18.4 Å². The predicted molar refractivity (Wildman–Crippen MR) is 180 cm³/mol. The van der Waals surface area contributed by atoms with Crippen LogP contribution in [-0.4, -0.2) is 84.2 Å². The van der Waals surface area contributed by atoms with Crippen molar-refractivity contribution in [2.24, 2.45) is 56.7 Å². The molecule has 1 N–H and O–H groups in total. The molecule has 3 heterocycles. The maximum Gasteiger partial charge on any atom is 0.509 e. The molecule has 1 amide bonds. The van der Waals surface area contributed by atoms with Crippen LogP contribution in [0.3, 0.4) is 0 Å². The largest absolute Gasteiger partial charge is 0.509 e. The molecule has 0 radical (unpaired) electrons. The van der Waals surface area contributed by atoms with Crippen LogP contribution in [0.15, 0.2) is 0 Å². The van der Waals surface area contributed by atoms with E-state index in [-0.39, 0.29) is 58.1 Å². The molecule has 0 aromatic carbocycles. The first kappa shape index (κ1) is 33.4. The number of hydrogen-bond acceptors (Lipinski definition) is 8. The summed E-state index contributed by atoms with van der Waals surface area (Å²) in [5.41, 5.74) is -0.478. The normalized spacial score (nSPS) is 53.6. The molecule has 3 aliphatic heterocycles. The molecule has 2 spiro atoms. The Morgan fingerprint density at radius 3 is 2.43 bits per heavy atom. The summed E-state index contributed by atoms with van der Waals surface area (Å²) in [5, 5.41) is 12.6. The van der Waals surface area contributed by atoms with Gasteiger partial charge < -0.3 is 33.7 Å². The third-order valence-corrected chi connectivity index (χ3v) is 17.2. The maximum absolute atomic E-state index is 12.9. The Labute approximate surface area is 292 Å². The Morgan fingerprint density at radius 1 is 0.980 bits per heavy atom. The number of rotatable bonds is 5. The average Bonchev–Trinajstić information content (AvgIpc) is 3.94. The van der Waals surface area contributed by atoms with Crippen molar-refractivity contribution in [3.63, 3.8) is 0 Å². The maximum atomic E-state index is 12.9. The number of nitrogens with zero attached hydrogens (tertiary/aromatic N) is 1. The summed E-state index contributed by atoms with van der Waals surface area (Å²) in [6.07, 6.45) is 9.52. The summed E-state index contributed by atoms with van der Waals surface area (Å²) in [6, 6.07) is 0. The van der Waals surface area contributed by atoms with E-state index < -0.39 is 24.0 Å². The fourth-order valence-corrected chi connectivity index (χ4v) is 14.6. The number of aliphatic hydroxyl groups excluding tert-OH is 1. The van der Waals surface area contributed by atoms with Gasteiger partial charge in [-0.3, -0.25) is 4.79 Å². The number of ether oxygens (including phenoxy) is 5. The van der Waals surface area contributed by atoms with Crippen molar-refractivity contribution in [3.8, 4) is 0 Å². The second kappa shape index (κ2) is 10.6. The van der Waals surface area contributed by atoms with Crippen molar-refractivity contribution in [1.29, 1.82) is 0 Å². The van der Waals surface area contributed by atoms with Gasteiger partial charge in [0.2, 0.25) is 5.91 Å². The number of hydrogen-bond donors (Lipinski definition) is 1. The highest BCUT2D eigenvalue weighted by molar-refractivity contribution is 5.76. The molecule has 9 nitrogen and oxygen atoms in total. The first-order valence-corrected chi connectivity index (χ1v) is 19.9. The Kier molecular flexibility index (Phi) is 7.22. The molecule has 9 heteroatoms. The minimum atomic E-state index is -0.757. The van der Waals surface area contributed by atoms with Crippen LogP contribution in [0, 0.1) is 56.7 Å². The molecule has 49 heavy (non-hydrogen) atoms. The molecule has 8 unspecified atom stereocenters. The van der Waals surface area contributed by atoms with Crippen molar-refractivity contribution in [2.75, 3.05) is 19.7 Å². The van der Waals surface area contributed by atoms with E-state index in [1.807, 2.05) is 18.7 Å². The molecular weight excluding hydrogens is 622 g/mol. The second-order valence-corrected chi connectivity index (χ2v) is 20.0. The standard InChI is InChI=1S/C40H61NO8/c1-22-18-24(33-36(4,5)49-34(44)48-33)46-31-30(22)37(6)14-15-40-21-39(40)13-12-27(35(2,3)25(39)10-11-26(40)38(37,7)32(31)43)47-29-20-41(16-17-45-29)28(42)19-23-8-9-23/h22-27,29-33,43H,8-21H2,1-7H3/t22-,24?,25+,26?,27?,29?,30+,31?,32+,33+,37?,38-,39?,40?/m1/s1. The minimum absolute atomic E-state index is 0.00124. The van der Waals surface area contributed by atoms with Crippen molar-refractivity contribution in [3.05, 3.63) is 0 Å². The van der Waals surface area contributed by atoms with Gasteiger partial charge in [0.15, 0.2) is 12.4 Å². The molecule has 6 saturated carbocycles. The minimum Gasteiger partial charge on any atom is -0.424 e. The molecule has 0 bridgehead atoms. The molecule has 6 aliphatic carbocycles. The van der Waals surface area contributed by atoms with E-state index in [4.69, 9.17) is 23.7 Å². The van der Waals surface area contributed by atoms with E-state index in [1.54, 1.807) is 0 Å². The van der Waals surface area contributed by atoms with E-state index in [9.17, 15) is 14.7 Å². The van der Waals surface area contributed by atoms with Crippen molar-refractivity contribution in [1.82, 2.24) is 4.90 Å². The number of amides is 1. The Morgan fingerprint density at radius 2 is 1.71 bits per heavy atom. The number of cyclic esters (lactones) is 2. The number of carbonyl (C=O) groups is 2. The van der Waals surface area contributed by atoms with Crippen LogP contribution >= 0.6 is 0 Å². The zero-order valence-corrected chi connectivity index (χ0v) is 31.0. The van der Waals surface area contributed by atoms with E-state index >= 15 is 0 Å². The Hall–Kier alpha value is -1.42. The molecule has 9 rings (SSSR count). The van der Waals surface area contributed by atoms with Crippen LogP contribution in [0.4, 0.5) is 4.79 Å². The summed E-state index contributed by atoms with van der Waals surface area (Å²) < 4.78 is 31.1. The first-order chi connectivity index (χ1) is 23.1. The van der Waals surface area contributed by atoms with Crippen LogP contribution < -0.4 is 0 Å². The number of morpholine rings is 1. The third-order valence-electron chi connectivity index (χ3n) is 17.2. The molecule has 14 atom stereocenters. The van der Waals surface area contributed by atoms with Gasteiger partial charge in [0.05, 0.1) is 37.6 Å². The molecule has 9 aliphatic rings. The quantitative estimate of drug-likeness (QED) is 0.329. The fraction of sp³-hybridized carbons (Fsp3) is 0.950. The van der Waals surface area contributed by atoms with Crippen LogP contribution in [0.25, 0.3) is 0 Å². The Bertz CT molecular complexity index is 1400. The highest BCUT2D eigenvalue weighted by atomic mass is 16.8. The van der Waals surface area contributed by atoms with Gasteiger partial charge in [-0.1, -0.05) is 34.6 Å². The molecule has 9 fully saturated rings. The highest BCUT2D eigenvalue weighted by Gasteiger charge is 2.84. The summed E-state index contributed by atoms with van der Waals surface area (Å²) >= 11 is 0. The molecular formula is C40H61NO8. The lowest BCUT2D eigenvalue weighted by molar-refractivity contribution is -0.248. The van der Waals surface area contributed by atoms with Crippen LogP contribution in [0.5, 0.6) is 0 Å². The van der Waals surface area contributed by atoms with Crippen LogP contribution in [0.1, 0.15) is 119 Å². The van der Waals surface area contributed by atoms with Gasteiger partial charge >= 0.3 is 6.16 Å². The third kappa shape index (κ3) is 4.43. The van der Waals surface area contributed by atoms with Gasteiger partial charge in [-0.05, 0) is 129 Å². The topological polar surface area (TPSA) is 104 Å². The fourth-order valence-electron chi connectivity index (χ4n) is 14.6. The SMILES string of the molecule is C[C@@H]1CC([C@@H]2OC(=O)OC2(C)C)OC2[C@H]1C1(C)CCC34CC35CCC(OC3CN(C(=O)CC6CC6)CCO3)C(C)(C)[C@@H]5CCC4[C@]1(C)[C@H]2O. The lowest BCUT2D eigenvalue weighted by Gasteiger charge is -2.64. The van der Waals surface area contributed by atoms with Gasteiger partial charge in [-0.15, -0.1) is 0 Å². The molecule has 3 saturated heterocycles. The summed E-state index contributed by atoms with van der Waals surface area (Å²) in [5.74, 6) is 2.48. The zero-order chi connectivity index (χ0) is 34.5.